The topological polar surface area (TPSA) is 180 Å². The van der Waals surface area contributed by atoms with Crippen molar-refractivity contribution in [3.8, 4) is 11.5 Å². The standard InChI is InChI=1S/C23H29NO10/c1-24-7-6-21-10-4-5-22(31,23(32)18(28)15(27)14(26)17(34-23)19(29)30)20(21)33-16-12(25)3-2-9(13(16)21)8-11(10)24/h2-3,10-11,14-15,17-18,20,25-28,31-32H,4-8H2,1H3,(H,29,30)/t10-,11+,14-,15-,17-,18+,20+,21-,22-,23-/m0/s1. The highest BCUT2D eigenvalue weighted by Gasteiger charge is 2.77. The quantitative estimate of drug-likeness (QED) is 0.250. The number of carboxylic acids is 1. The molecular formula is C23H29NO10. The van der Waals surface area contributed by atoms with Crippen LogP contribution in [0.25, 0.3) is 0 Å². The summed E-state index contributed by atoms with van der Waals surface area (Å²) in [7, 11) is 2.03. The van der Waals surface area contributed by atoms with Gasteiger partial charge < -0.3 is 50.1 Å². The molecule has 11 heteroatoms. The lowest BCUT2D eigenvalue weighted by Crippen LogP contribution is -2.81. The summed E-state index contributed by atoms with van der Waals surface area (Å²) in [5, 5.41) is 75.3. The molecule has 6 rings (SSSR count). The number of carboxylic acid groups (broad SMARTS) is 1. The van der Waals surface area contributed by atoms with Crippen LogP contribution in [0.15, 0.2) is 12.1 Å². The number of aromatic hydroxyl groups is 1. The average Bonchev–Trinajstić information content (AvgIpc) is 3.16. The molecule has 1 spiro atoms. The summed E-state index contributed by atoms with van der Waals surface area (Å²) in [6, 6.07) is 3.48. The third-order valence-corrected chi connectivity index (χ3v) is 9.22. The molecule has 3 heterocycles. The van der Waals surface area contributed by atoms with Gasteiger partial charge in [0.2, 0.25) is 5.79 Å². The molecule has 0 radical (unpaired) electrons. The van der Waals surface area contributed by atoms with Crippen molar-refractivity contribution in [3.63, 3.8) is 0 Å². The summed E-state index contributed by atoms with van der Waals surface area (Å²) in [4.78, 5) is 14.0. The molecule has 0 unspecified atom stereocenters. The molecule has 3 aliphatic heterocycles. The van der Waals surface area contributed by atoms with Crippen molar-refractivity contribution in [2.75, 3.05) is 13.6 Å². The van der Waals surface area contributed by atoms with Gasteiger partial charge in [-0.3, -0.25) is 0 Å². The van der Waals surface area contributed by atoms with Crippen LogP contribution in [0.2, 0.25) is 0 Å². The van der Waals surface area contributed by atoms with Gasteiger partial charge in [0.1, 0.15) is 24.4 Å². The number of rotatable bonds is 2. The highest BCUT2D eigenvalue weighted by molar-refractivity contribution is 5.73. The fraction of sp³-hybridized carbons (Fsp3) is 0.696. The van der Waals surface area contributed by atoms with Crippen molar-refractivity contribution >= 4 is 5.97 Å². The molecule has 34 heavy (non-hydrogen) atoms. The van der Waals surface area contributed by atoms with Crippen molar-refractivity contribution in [2.24, 2.45) is 5.92 Å². The lowest BCUT2D eigenvalue weighted by Gasteiger charge is -2.64. The van der Waals surface area contributed by atoms with Crippen LogP contribution >= 0.6 is 0 Å². The molecule has 2 bridgehead atoms. The van der Waals surface area contributed by atoms with Gasteiger partial charge in [-0.15, -0.1) is 0 Å². The fourth-order valence-corrected chi connectivity index (χ4v) is 7.62. The lowest BCUT2D eigenvalue weighted by atomic mass is 9.48. The second kappa shape index (κ2) is 6.82. The zero-order chi connectivity index (χ0) is 24.4. The summed E-state index contributed by atoms with van der Waals surface area (Å²) >= 11 is 0. The molecule has 10 atom stereocenters. The molecule has 11 nitrogen and oxygen atoms in total. The van der Waals surface area contributed by atoms with Gasteiger partial charge in [0.15, 0.2) is 23.2 Å². The number of aliphatic carboxylic acids is 1. The van der Waals surface area contributed by atoms with Gasteiger partial charge in [-0.05, 0) is 56.8 Å². The number of benzene rings is 1. The molecule has 0 aromatic heterocycles. The zero-order valence-electron chi connectivity index (χ0n) is 18.5. The van der Waals surface area contributed by atoms with Gasteiger partial charge in [0, 0.05) is 17.0 Å². The summed E-state index contributed by atoms with van der Waals surface area (Å²) in [6.45, 7) is 0.659. The fourth-order valence-electron chi connectivity index (χ4n) is 7.62. The van der Waals surface area contributed by atoms with E-state index in [1.807, 2.05) is 13.1 Å². The van der Waals surface area contributed by atoms with E-state index in [2.05, 4.69) is 4.90 Å². The second-order valence-corrected chi connectivity index (χ2v) is 10.6. The molecule has 3 fully saturated rings. The molecular weight excluding hydrogens is 450 g/mol. The van der Waals surface area contributed by atoms with E-state index in [4.69, 9.17) is 9.47 Å². The Labute approximate surface area is 194 Å². The first-order valence-electron chi connectivity index (χ1n) is 11.6. The zero-order valence-corrected chi connectivity index (χ0v) is 18.5. The van der Waals surface area contributed by atoms with Gasteiger partial charge in [0.05, 0.1) is 0 Å². The molecule has 2 aliphatic carbocycles. The number of phenolic OH excluding ortho intramolecular Hbond substituents is 1. The van der Waals surface area contributed by atoms with Gasteiger partial charge in [-0.1, -0.05) is 6.07 Å². The molecule has 0 amide bonds. The van der Waals surface area contributed by atoms with E-state index in [0.29, 0.717) is 19.4 Å². The normalized spacial score (nSPS) is 49.3. The Kier molecular flexibility index (Phi) is 4.51. The Hall–Kier alpha value is -1.99. The van der Waals surface area contributed by atoms with E-state index in [0.717, 1.165) is 17.5 Å². The monoisotopic (exact) mass is 479 g/mol. The van der Waals surface area contributed by atoms with Crippen molar-refractivity contribution in [2.45, 2.75) is 79.0 Å². The SMILES string of the molecule is CN1CC[C@]23c4c5ccc(O)c4O[C@H]2[C@](O)([C@@]2(O)O[C@H](C(=O)O)[C@@H](O)[C@H](O)[C@H]2O)CC[C@H]3[C@H]1C5. The van der Waals surface area contributed by atoms with Gasteiger partial charge in [0.25, 0.3) is 0 Å². The van der Waals surface area contributed by atoms with E-state index in [-0.39, 0.29) is 29.9 Å². The Morgan fingerprint density at radius 1 is 1.15 bits per heavy atom. The third kappa shape index (κ3) is 2.38. The first kappa shape index (κ1) is 22.5. The van der Waals surface area contributed by atoms with Crippen LogP contribution in [-0.2, 0) is 21.4 Å². The minimum Gasteiger partial charge on any atom is -0.504 e. The van der Waals surface area contributed by atoms with Crippen LogP contribution in [0.5, 0.6) is 11.5 Å². The number of phenols is 1. The van der Waals surface area contributed by atoms with Crippen molar-refractivity contribution in [3.05, 3.63) is 23.3 Å². The summed E-state index contributed by atoms with van der Waals surface area (Å²) < 4.78 is 11.6. The Balaban J connectivity index is 1.53. The minimum absolute atomic E-state index is 0.00203. The highest BCUT2D eigenvalue weighted by atomic mass is 16.7. The van der Waals surface area contributed by atoms with Crippen LogP contribution in [0, 0.1) is 5.92 Å². The van der Waals surface area contributed by atoms with Gasteiger partial charge in [-0.2, -0.15) is 0 Å². The smallest absolute Gasteiger partial charge is 0.335 e. The maximum Gasteiger partial charge on any atom is 0.335 e. The first-order valence-corrected chi connectivity index (χ1v) is 11.6. The Morgan fingerprint density at radius 3 is 2.59 bits per heavy atom. The third-order valence-electron chi connectivity index (χ3n) is 9.22. The number of likely N-dealkylation sites (N-methyl/N-ethyl adjacent to an activating group) is 1. The summed E-state index contributed by atoms with van der Waals surface area (Å²) in [5.41, 5.74) is -1.46. The Morgan fingerprint density at radius 2 is 1.88 bits per heavy atom. The van der Waals surface area contributed by atoms with Crippen LogP contribution < -0.4 is 4.74 Å². The number of hydrogen-bond acceptors (Lipinski definition) is 10. The van der Waals surface area contributed by atoms with E-state index >= 15 is 0 Å². The van der Waals surface area contributed by atoms with Crippen LogP contribution in [0.4, 0.5) is 0 Å². The number of hydrogen-bond donors (Lipinski definition) is 7. The molecule has 186 valence electrons. The number of aliphatic hydroxyl groups excluding tert-OH is 3. The largest absolute Gasteiger partial charge is 0.504 e. The Bertz CT molecular complexity index is 1070. The molecule has 1 aromatic carbocycles. The highest BCUT2D eigenvalue weighted by Crippen LogP contribution is 2.67. The first-order chi connectivity index (χ1) is 16.0. The van der Waals surface area contributed by atoms with Crippen LogP contribution in [0.3, 0.4) is 0 Å². The minimum atomic E-state index is -2.97. The maximum atomic E-state index is 12.1. The molecule has 5 aliphatic rings. The number of carbonyl (C=O) groups is 1. The van der Waals surface area contributed by atoms with Crippen molar-refractivity contribution in [1.82, 2.24) is 4.90 Å². The molecule has 2 saturated heterocycles. The maximum absolute atomic E-state index is 12.1. The molecule has 1 saturated carbocycles. The van der Waals surface area contributed by atoms with Crippen LogP contribution in [0.1, 0.15) is 30.4 Å². The number of nitrogens with zero attached hydrogens (tertiary/aromatic N) is 1. The number of likely N-dealkylation sites (tertiary alicyclic amines) is 1. The second-order valence-electron chi connectivity index (χ2n) is 10.6. The van der Waals surface area contributed by atoms with Crippen LogP contribution in [-0.4, -0.2) is 108 Å². The molecule has 7 N–H and O–H groups in total. The van der Waals surface area contributed by atoms with E-state index in [1.165, 1.54) is 6.07 Å². The average molecular weight is 479 g/mol. The van der Waals surface area contributed by atoms with E-state index < -0.39 is 53.3 Å². The number of ether oxygens (including phenoxy) is 2. The summed E-state index contributed by atoms with van der Waals surface area (Å²) in [5.74, 6) is -4.54. The summed E-state index contributed by atoms with van der Waals surface area (Å²) in [6.07, 6.45) is -8.09. The predicted molar refractivity (Wildman–Crippen MR) is 112 cm³/mol. The molecule has 1 aromatic rings. The number of piperidine rings is 1. The lowest BCUT2D eigenvalue weighted by molar-refractivity contribution is -0.412. The van der Waals surface area contributed by atoms with Gasteiger partial charge in [-0.25, -0.2) is 4.79 Å². The van der Waals surface area contributed by atoms with E-state index in [1.54, 1.807) is 0 Å². The van der Waals surface area contributed by atoms with Crippen molar-refractivity contribution < 1.29 is 50.0 Å². The van der Waals surface area contributed by atoms with Gasteiger partial charge >= 0.3 is 5.97 Å². The van der Waals surface area contributed by atoms with E-state index in [9.17, 15) is 40.5 Å². The number of aliphatic hydroxyl groups is 5. The predicted octanol–water partition coefficient (Wildman–Crippen LogP) is -1.95. The van der Waals surface area contributed by atoms with Crippen molar-refractivity contribution in [1.29, 1.82) is 0 Å².